The van der Waals surface area contributed by atoms with Crippen molar-refractivity contribution in [2.45, 2.75) is 12.5 Å². The number of nitrogens with zero attached hydrogens (tertiary/aromatic N) is 2. The fourth-order valence-corrected chi connectivity index (χ4v) is 3.94. The molecule has 152 valence electrons. The standard InChI is InChI=1S/C22H23ClN2O4/c23-17-7-5-16(6-8-17)21-19(15-20(26)29-21)22(27)25-12-10-24(11-13-25)9-1-3-18-4-2-14-28-18/h1-8,14,19,21H,9-13,15H2/b3-1+/t19-,21+/m1/s1. The highest BCUT2D eigenvalue weighted by Crippen LogP contribution is 2.37. The van der Waals surface area contributed by atoms with Gasteiger partial charge in [-0.15, -0.1) is 0 Å². The Morgan fingerprint density at radius 1 is 1.14 bits per heavy atom. The van der Waals surface area contributed by atoms with Crippen molar-refractivity contribution in [3.63, 3.8) is 0 Å². The van der Waals surface area contributed by atoms with Gasteiger partial charge in [0, 0.05) is 37.7 Å². The average Bonchev–Trinajstić information content (AvgIpc) is 3.38. The van der Waals surface area contributed by atoms with Crippen molar-refractivity contribution >= 4 is 29.6 Å². The molecule has 1 aromatic carbocycles. The van der Waals surface area contributed by atoms with Crippen molar-refractivity contribution < 1.29 is 18.7 Å². The van der Waals surface area contributed by atoms with Gasteiger partial charge in [0.15, 0.2) is 0 Å². The van der Waals surface area contributed by atoms with Gasteiger partial charge in [-0.1, -0.05) is 29.8 Å². The van der Waals surface area contributed by atoms with Crippen molar-refractivity contribution in [1.29, 1.82) is 0 Å². The summed E-state index contributed by atoms with van der Waals surface area (Å²) < 4.78 is 10.7. The zero-order valence-corrected chi connectivity index (χ0v) is 16.8. The van der Waals surface area contributed by atoms with E-state index in [1.165, 1.54) is 0 Å². The molecule has 6 nitrogen and oxygen atoms in total. The SMILES string of the molecule is O=C1C[C@@H](C(=O)N2CCN(C/C=C/c3ccco3)CC2)[C@H](c2ccc(Cl)cc2)O1. The molecule has 1 amide bonds. The number of ether oxygens (including phenoxy) is 1. The number of hydrogen-bond acceptors (Lipinski definition) is 5. The van der Waals surface area contributed by atoms with Gasteiger partial charge < -0.3 is 14.1 Å². The van der Waals surface area contributed by atoms with Crippen molar-refractivity contribution in [3.8, 4) is 0 Å². The van der Waals surface area contributed by atoms with Crippen LogP contribution in [0, 0.1) is 5.92 Å². The molecule has 3 heterocycles. The first-order chi connectivity index (χ1) is 14.1. The van der Waals surface area contributed by atoms with E-state index in [0.717, 1.165) is 31.0 Å². The molecule has 0 bridgehead atoms. The smallest absolute Gasteiger partial charge is 0.307 e. The van der Waals surface area contributed by atoms with E-state index in [9.17, 15) is 9.59 Å². The number of rotatable bonds is 5. The molecule has 0 unspecified atom stereocenters. The number of cyclic esters (lactones) is 1. The Balaban J connectivity index is 1.33. The fourth-order valence-electron chi connectivity index (χ4n) is 3.82. The molecule has 4 rings (SSSR count). The molecule has 2 aromatic rings. The number of carbonyl (C=O) groups excluding carboxylic acids is 2. The maximum atomic E-state index is 13.1. The van der Waals surface area contributed by atoms with E-state index in [2.05, 4.69) is 11.0 Å². The van der Waals surface area contributed by atoms with Crippen LogP contribution in [0.3, 0.4) is 0 Å². The van der Waals surface area contributed by atoms with Crippen LogP contribution in [0.1, 0.15) is 23.8 Å². The largest absolute Gasteiger partial charge is 0.465 e. The van der Waals surface area contributed by atoms with E-state index in [1.807, 2.05) is 35.2 Å². The van der Waals surface area contributed by atoms with Gasteiger partial charge in [0.05, 0.1) is 18.6 Å². The third-order valence-corrected chi connectivity index (χ3v) is 5.65. The second kappa shape index (κ2) is 8.84. The lowest BCUT2D eigenvalue weighted by molar-refractivity contribution is -0.142. The Morgan fingerprint density at radius 2 is 1.90 bits per heavy atom. The molecule has 2 aliphatic heterocycles. The molecule has 2 atom stereocenters. The van der Waals surface area contributed by atoms with Crippen LogP contribution >= 0.6 is 11.6 Å². The van der Waals surface area contributed by atoms with Crippen LogP contribution in [0.15, 0.2) is 53.2 Å². The van der Waals surface area contributed by atoms with Crippen molar-refractivity contribution in [3.05, 3.63) is 65.1 Å². The van der Waals surface area contributed by atoms with Gasteiger partial charge in [-0.3, -0.25) is 14.5 Å². The third-order valence-electron chi connectivity index (χ3n) is 5.40. The molecule has 0 saturated carbocycles. The quantitative estimate of drug-likeness (QED) is 0.702. The van der Waals surface area contributed by atoms with E-state index in [1.54, 1.807) is 18.4 Å². The Bertz CT molecular complexity index is 871. The second-order valence-corrected chi connectivity index (χ2v) is 7.75. The molecular weight excluding hydrogens is 392 g/mol. The first-order valence-corrected chi connectivity index (χ1v) is 10.1. The predicted molar refractivity (Wildman–Crippen MR) is 109 cm³/mol. The monoisotopic (exact) mass is 414 g/mol. The predicted octanol–water partition coefficient (Wildman–Crippen LogP) is 3.39. The van der Waals surface area contributed by atoms with Gasteiger partial charge in [-0.25, -0.2) is 0 Å². The van der Waals surface area contributed by atoms with Crippen LogP contribution < -0.4 is 0 Å². The highest BCUT2D eigenvalue weighted by Gasteiger charge is 2.43. The maximum Gasteiger partial charge on any atom is 0.307 e. The van der Waals surface area contributed by atoms with E-state index < -0.39 is 12.0 Å². The maximum absolute atomic E-state index is 13.1. The first-order valence-electron chi connectivity index (χ1n) is 9.76. The lowest BCUT2D eigenvalue weighted by atomic mass is 9.93. The molecule has 2 fully saturated rings. The lowest BCUT2D eigenvalue weighted by Gasteiger charge is -2.35. The molecule has 2 saturated heterocycles. The molecule has 29 heavy (non-hydrogen) atoms. The van der Waals surface area contributed by atoms with Gasteiger partial charge in [-0.2, -0.15) is 0 Å². The molecule has 0 spiro atoms. The van der Waals surface area contributed by atoms with E-state index in [-0.39, 0.29) is 18.3 Å². The van der Waals surface area contributed by atoms with E-state index >= 15 is 0 Å². The summed E-state index contributed by atoms with van der Waals surface area (Å²) in [5.74, 6) is 0.0126. The summed E-state index contributed by atoms with van der Waals surface area (Å²) in [4.78, 5) is 29.1. The molecule has 0 aliphatic carbocycles. The zero-order valence-electron chi connectivity index (χ0n) is 16.0. The molecule has 1 aromatic heterocycles. The topological polar surface area (TPSA) is 63.0 Å². The highest BCUT2D eigenvalue weighted by atomic mass is 35.5. The average molecular weight is 415 g/mol. The van der Waals surface area contributed by atoms with Crippen LogP contribution in [0.4, 0.5) is 0 Å². The summed E-state index contributed by atoms with van der Waals surface area (Å²) in [5, 5.41) is 0.609. The van der Waals surface area contributed by atoms with Crippen molar-refractivity contribution in [1.82, 2.24) is 9.80 Å². The second-order valence-electron chi connectivity index (χ2n) is 7.32. The van der Waals surface area contributed by atoms with Gasteiger partial charge >= 0.3 is 5.97 Å². The summed E-state index contributed by atoms with van der Waals surface area (Å²) in [6.45, 7) is 3.68. The minimum Gasteiger partial charge on any atom is -0.465 e. The Labute approximate surface area is 174 Å². The first kappa shape index (κ1) is 19.7. The van der Waals surface area contributed by atoms with Gasteiger partial charge in [0.2, 0.25) is 5.91 Å². The lowest BCUT2D eigenvalue weighted by Crippen LogP contribution is -2.50. The third kappa shape index (κ3) is 4.71. The highest BCUT2D eigenvalue weighted by molar-refractivity contribution is 6.30. The van der Waals surface area contributed by atoms with Gasteiger partial charge in [0.1, 0.15) is 11.9 Å². The number of furan rings is 1. The van der Waals surface area contributed by atoms with Gasteiger partial charge in [-0.05, 0) is 35.9 Å². The summed E-state index contributed by atoms with van der Waals surface area (Å²) in [5.41, 5.74) is 0.806. The van der Waals surface area contributed by atoms with Crippen LogP contribution in [0.2, 0.25) is 5.02 Å². The van der Waals surface area contributed by atoms with E-state index in [0.29, 0.717) is 18.1 Å². The number of benzene rings is 1. The minimum atomic E-state index is -0.540. The number of carbonyl (C=O) groups is 2. The molecule has 0 N–H and O–H groups in total. The Hall–Kier alpha value is -2.57. The number of halogens is 1. The Kier molecular flexibility index (Phi) is 6.02. The summed E-state index contributed by atoms with van der Waals surface area (Å²) >= 11 is 5.95. The fraction of sp³-hybridized carbons (Fsp3) is 0.364. The van der Waals surface area contributed by atoms with Crippen LogP contribution in [-0.2, 0) is 14.3 Å². The van der Waals surface area contributed by atoms with Crippen LogP contribution in [0.25, 0.3) is 6.08 Å². The van der Waals surface area contributed by atoms with Crippen LogP contribution in [-0.4, -0.2) is 54.4 Å². The number of piperazine rings is 1. The number of amides is 1. The molecule has 2 aliphatic rings. The van der Waals surface area contributed by atoms with Gasteiger partial charge in [0.25, 0.3) is 0 Å². The number of hydrogen-bond donors (Lipinski definition) is 0. The normalized spacial score (nSPS) is 22.9. The molecular formula is C22H23ClN2O4. The zero-order chi connectivity index (χ0) is 20.2. The van der Waals surface area contributed by atoms with Crippen molar-refractivity contribution in [2.75, 3.05) is 32.7 Å². The Morgan fingerprint density at radius 3 is 2.59 bits per heavy atom. The minimum absolute atomic E-state index is 0.0124. The molecule has 0 radical (unpaired) electrons. The summed E-state index contributed by atoms with van der Waals surface area (Å²) in [6.07, 6.45) is 5.25. The number of esters is 1. The molecule has 7 heteroatoms. The van der Waals surface area contributed by atoms with Crippen LogP contribution in [0.5, 0.6) is 0 Å². The summed E-state index contributed by atoms with van der Waals surface area (Å²) in [7, 11) is 0. The van der Waals surface area contributed by atoms with Crippen molar-refractivity contribution in [2.24, 2.45) is 5.92 Å². The van der Waals surface area contributed by atoms with E-state index in [4.69, 9.17) is 20.8 Å². The summed E-state index contributed by atoms with van der Waals surface area (Å²) in [6, 6.07) is 10.9.